The topological polar surface area (TPSA) is 21.3 Å². The van der Waals surface area contributed by atoms with E-state index >= 15 is 0 Å². The molecule has 0 spiro atoms. The number of hydrogen-bond acceptors (Lipinski definition) is 3. The van der Waals surface area contributed by atoms with E-state index in [9.17, 15) is 0 Å². The Hall–Kier alpha value is -1.45. The van der Waals surface area contributed by atoms with Gasteiger partial charge in [-0.2, -0.15) is 0 Å². The van der Waals surface area contributed by atoms with Crippen molar-refractivity contribution in [2.45, 2.75) is 22.6 Å². The van der Waals surface area contributed by atoms with Gasteiger partial charge in [0.05, 0.1) is 12.0 Å². The number of hydrogen-bond donors (Lipinski definition) is 1. The van der Waals surface area contributed by atoms with Crippen LogP contribution in [0.1, 0.15) is 11.1 Å². The number of rotatable bonds is 3. The van der Waals surface area contributed by atoms with Gasteiger partial charge >= 0.3 is 0 Å². The van der Waals surface area contributed by atoms with Crippen LogP contribution in [0, 0.1) is 0 Å². The Morgan fingerprint density at radius 1 is 1.00 bits per heavy atom. The number of methoxy groups -OCH3 is 1. The zero-order valence-corrected chi connectivity index (χ0v) is 12.5. The lowest BCUT2D eigenvalue weighted by Gasteiger charge is -2.16. The summed E-state index contributed by atoms with van der Waals surface area (Å²) in [6, 6.07) is 14.8. The molecule has 1 aliphatic rings. The van der Waals surface area contributed by atoms with Crippen LogP contribution in [0.5, 0.6) is 5.75 Å². The first-order valence-electron chi connectivity index (χ1n) is 7.01. The minimum absolute atomic E-state index is 0.986. The molecule has 1 heterocycles. The third-order valence-electron chi connectivity index (χ3n) is 3.63. The largest absolute Gasteiger partial charge is 0.496 e. The fourth-order valence-corrected chi connectivity index (χ4v) is 3.73. The summed E-state index contributed by atoms with van der Waals surface area (Å²) in [4.78, 5) is 2.54. The molecule has 104 valence electrons. The molecule has 2 aromatic carbocycles. The van der Waals surface area contributed by atoms with E-state index in [1.165, 1.54) is 20.9 Å². The Labute approximate surface area is 124 Å². The minimum Gasteiger partial charge on any atom is -0.496 e. The summed E-state index contributed by atoms with van der Waals surface area (Å²) >= 11 is 1.81. The van der Waals surface area contributed by atoms with E-state index in [0.717, 1.165) is 31.7 Å². The van der Waals surface area contributed by atoms with Gasteiger partial charge < -0.3 is 10.1 Å². The molecule has 2 aromatic rings. The van der Waals surface area contributed by atoms with Crippen LogP contribution in [-0.2, 0) is 12.8 Å². The van der Waals surface area contributed by atoms with Gasteiger partial charge in [0.1, 0.15) is 5.75 Å². The van der Waals surface area contributed by atoms with Crippen molar-refractivity contribution in [3.8, 4) is 5.75 Å². The normalized spacial score (nSPS) is 14.4. The highest BCUT2D eigenvalue weighted by Gasteiger charge is 2.16. The molecule has 0 atom stereocenters. The fraction of sp³-hybridized carbons (Fsp3) is 0.294. The van der Waals surface area contributed by atoms with Crippen molar-refractivity contribution in [2.75, 3.05) is 20.2 Å². The number of benzene rings is 2. The van der Waals surface area contributed by atoms with E-state index < -0.39 is 0 Å². The first-order valence-corrected chi connectivity index (χ1v) is 7.82. The first kappa shape index (κ1) is 13.5. The quantitative estimate of drug-likeness (QED) is 0.932. The maximum atomic E-state index is 5.58. The van der Waals surface area contributed by atoms with Gasteiger partial charge in [0.25, 0.3) is 0 Å². The van der Waals surface area contributed by atoms with Crippen LogP contribution in [0.3, 0.4) is 0 Å². The molecule has 0 saturated carbocycles. The second-order valence-corrected chi connectivity index (χ2v) is 5.98. The molecule has 1 N–H and O–H groups in total. The number of ether oxygens (including phenoxy) is 1. The highest BCUT2D eigenvalue weighted by atomic mass is 32.2. The summed E-state index contributed by atoms with van der Waals surface area (Å²) in [5.74, 6) is 0.986. The van der Waals surface area contributed by atoms with Crippen LogP contribution in [0.25, 0.3) is 0 Å². The molecule has 0 bridgehead atoms. The van der Waals surface area contributed by atoms with Crippen molar-refractivity contribution in [3.63, 3.8) is 0 Å². The second-order valence-electron chi connectivity index (χ2n) is 4.90. The molecule has 0 amide bonds. The summed E-state index contributed by atoms with van der Waals surface area (Å²) in [6.45, 7) is 2.11. The third kappa shape index (κ3) is 2.84. The maximum Gasteiger partial charge on any atom is 0.133 e. The average molecular weight is 285 g/mol. The van der Waals surface area contributed by atoms with Gasteiger partial charge in [0, 0.05) is 4.90 Å². The Morgan fingerprint density at radius 3 is 2.60 bits per heavy atom. The SMILES string of the molecule is COc1ccc2c(c1Sc1ccccc1)CCNCC2. The second kappa shape index (κ2) is 6.33. The van der Waals surface area contributed by atoms with Crippen molar-refractivity contribution in [1.29, 1.82) is 0 Å². The monoisotopic (exact) mass is 285 g/mol. The first-order chi connectivity index (χ1) is 9.88. The fourth-order valence-electron chi connectivity index (χ4n) is 2.60. The maximum absolute atomic E-state index is 5.58. The molecule has 0 unspecified atom stereocenters. The van der Waals surface area contributed by atoms with Gasteiger partial charge in [-0.05, 0) is 55.3 Å². The summed E-state index contributed by atoms with van der Waals surface area (Å²) in [5, 5.41) is 3.47. The molecule has 20 heavy (non-hydrogen) atoms. The third-order valence-corrected chi connectivity index (χ3v) is 4.79. The van der Waals surface area contributed by atoms with Crippen LogP contribution >= 0.6 is 11.8 Å². The van der Waals surface area contributed by atoms with Crippen LogP contribution in [0.2, 0.25) is 0 Å². The lowest BCUT2D eigenvalue weighted by atomic mass is 10.0. The molecule has 1 aliphatic heterocycles. The molecular formula is C17H19NOS. The van der Waals surface area contributed by atoms with Crippen molar-refractivity contribution < 1.29 is 4.74 Å². The van der Waals surface area contributed by atoms with Gasteiger partial charge in [-0.15, -0.1) is 0 Å². The molecule has 0 radical (unpaired) electrons. The number of nitrogens with one attached hydrogen (secondary N) is 1. The molecular weight excluding hydrogens is 266 g/mol. The summed E-state index contributed by atoms with van der Waals surface area (Å²) in [6.07, 6.45) is 2.17. The smallest absolute Gasteiger partial charge is 0.133 e. The van der Waals surface area contributed by atoms with Crippen molar-refractivity contribution in [2.24, 2.45) is 0 Å². The summed E-state index contributed by atoms with van der Waals surface area (Å²) in [7, 11) is 1.76. The van der Waals surface area contributed by atoms with Gasteiger partial charge in [0.15, 0.2) is 0 Å². The minimum atomic E-state index is 0.986. The van der Waals surface area contributed by atoms with Crippen LogP contribution < -0.4 is 10.1 Å². The number of fused-ring (bicyclic) bond motifs is 1. The van der Waals surface area contributed by atoms with Crippen LogP contribution in [-0.4, -0.2) is 20.2 Å². The highest BCUT2D eigenvalue weighted by molar-refractivity contribution is 7.99. The van der Waals surface area contributed by atoms with E-state index in [1.54, 1.807) is 7.11 Å². The molecule has 0 aliphatic carbocycles. The van der Waals surface area contributed by atoms with Gasteiger partial charge in [-0.25, -0.2) is 0 Å². The lowest BCUT2D eigenvalue weighted by molar-refractivity contribution is 0.403. The van der Waals surface area contributed by atoms with Gasteiger partial charge in [0.2, 0.25) is 0 Å². The van der Waals surface area contributed by atoms with Crippen molar-refractivity contribution in [3.05, 3.63) is 53.6 Å². The molecule has 0 saturated heterocycles. The molecule has 2 nitrogen and oxygen atoms in total. The average Bonchev–Trinajstić information content (AvgIpc) is 2.74. The Bertz CT molecular complexity index is 583. The molecule has 3 heteroatoms. The Morgan fingerprint density at radius 2 is 1.80 bits per heavy atom. The predicted octanol–water partition coefficient (Wildman–Crippen LogP) is 3.53. The van der Waals surface area contributed by atoms with E-state index in [-0.39, 0.29) is 0 Å². The molecule has 0 aromatic heterocycles. The summed E-state index contributed by atoms with van der Waals surface area (Å²) < 4.78 is 5.58. The zero-order valence-electron chi connectivity index (χ0n) is 11.7. The highest BCUT2D eigenvalue weighted by Crippen LogP contribution is 2.39. The summed E-state index contributed by atoms with van der Waals surface area (Å²) in [5.41, 5.74) is 2.90. The van der Waals surface area contributed by atoms with Gasteiger partial charge in [-0.1, -0.05) is 36.0 Å². The van der Waals surface area contributed by atoms with E-state index in [1.807, 2.05) is 11.8 Å². The predicted molar refractivity (Wildman–Crippen MR) is 83.8 cm³/mol. The zero-order chi connectivity index (χ0) is 13.8. The Kier molecular flexibility index (Phi) is 4.28. The van der Waals surface area contributed by atoms with E-state index in [4.69, 9.17) is 4.74 Å². The van der Waals surface area contributed by atoms with E-state index in [0.29, 0.717) is 0 Å². The lowest BCUT2D eigenvalue weighted by Crippen LogP contribution is -2.16. The molecule has 0 fully saturated rings. The van der Waals surface area contributed by atoms with Crippen molar-refractivity contribution in [1.82, 2.24) is 5.32 Å². The Balaban J connectivity index is 2.02. The molecule has 3 rings (SSSR count). The van der Waals surface area contributed by atoms with Crippen molar-refractivity contribution >= 4 is 11.8 Å². The van der Waals surface area contributed by atoms with E-state index in [2.05, 4.69) is 47.8 Å². The van der Waals surface area contributed by atoms with Gasteiger partial charge in [-0.3, -0.25) is 0 Å². The standard InChI is InChI=1S/C17H19NOS/c1-19-16-8-7-13-9-11-18-12-10-15(13)17(16)20-14-5-3-2-4-6-14/h2-8,18H,9-12H2,1H3. The van der Waals surface area contributed by atoms with Crippen LogP contribution in [0.4, 0.5) is 0 Å². The van der Waals surface area contributed by atoms with Crippen LogP contribution in [0.15, 0.2) is 52.3 Å².